The third-order valence-electron chi connectivity index (χ3n) is 4.33. The first-order chi connectivity index (χ1) is 11.6. The minimum atomic E-state index is -0.295. The Labute approximate surface area is 141 Å². The molecule has 1 amide bonds. The van der Waals surface area contributed by atoms with Gasteiger partial charge in [-0.1, -0.05) is 6.07 Å². The van der Waals surface area contributed by atoms with Crippen molar-refractivity contribution in [1.29, 1.82) is 0 Å². The highest BCUT2D eigenvalue weighted by atomic mass is 16.1. The van der Waals surface area contributed by atoms with Crippen LogP contribution in [0.4, 0.5) is 11.6 Å². The van der Waals surface area contributed by atoms with Gasteiger partial charge in [0.15, 0.2) is 0 Å². The zero-order valence-corrected chi connectivity index (χ0v) is 13.8. The lowest BCUT2D eigenvalue weighted by Gasteiger charge is -2.25. The lowest BCUT2D eigenvalue weighted by atomic mass is 10.2. The molecule has 7 heteroatoms. The average Bonchev–Trinajstić information content (AvgIpc) is 3.11. The Morgan fingerprint density at radius 3 is 3.00 bits per heavy atom. The summed E-state index contributed by atoms with van der Waals surface area (Å²) >= 11 is 0. The van der Waals surface area contributed by atoms with Crippen molar-refractivity contribution in [2.75, 3.05) is 29.9 Å². The highest BCUT2D eigenvalue weighted by molar-refractivity contribution is 5.84. The van der Waals surface area contributed by atoms with E-state index >= 15 is 0 Å². The van der Waals surface area contributed by atoms with E-state index in [-0.39, 0.29) is 11.9 Å². The first-order valence-corrected chi connectivity index (χ1v) is 8.14. The molecule has 0 bridgehead atoms. The van der Waals surface area contributed by atoms with Crippen molar-refractivity contribution in [3.63, 3.8) is 0 Å². The molecule has 0 saturated carbocycles. The quantitative estimate of drug-likeness (QED) is 0.852. The SMILES string of the molecule is CN(CCc1ccccn1)c1cc(N2CCC[C@@H]2C(N)=O)ncn1. The molecular weight excluding hydrogens is 304 g/mol. The van der Waals surface area contributed by atoms with E-state index in [1.807, 2.05) is 36.2 Å². The molecular formula is C17H22N6O. The lowest BCUT2D eigenvalue weighted by molar-refractivity contribution is -0.119. The van der Waals surface area contributed by atoms with Gasteiger partial charge in [0.25, 0.3) is 0 Å². The number of rotatable bonds is 6. The van der Waals surface area contributed by atoms with Crippen LogP contribution in [0.25, 0.3) is 0 Å². The highest BCUT2D eigenvalue weighted by Gasteiger charge is 2.30. The van der Waals surface area contributed by atoms with Crippen LogP contribution >= 0.6 is 0 Å². The van der Waals surface area contributed by atoms with Crippen molar-refractivity contribution in [1.82, 2.24) is 15.0 Å². The summed E-state index contributed by atoms with van der Waals surface area (Å²) in [5, 5.41) is 0. The average molecular weight is 326 g/mol. The Balaban J connectivity index is 1.69. The van der Waals surface area contributed by atoms with Crippen LogP contribution in [0.3, 0.4) is 0 Å². The van der Waals surface area contributed by atoms with E-state index in [9.17, 15) is 4.79 Å². The smallest absolute Gasteiger partial charge is 0.240 e. The first kappa shape index (κ1) is 16.2. The van der Waals surface area contributed by atoms with E-state index in [1.165, 1.54) is 6.33 Å². The number of hydrogen-bond donors (Lipinski definition) is 1. The van der Waals surface area contributed by atoms with Gasteiger partial charge >= 0.3 is 0 Å². The van der Waals surface area contributed by atoms with Gasteiger partial charge < -0.3 is 15.5 Å². The lowest BCUT2D eigenvalue weighted by Crippen LogP contribution is -2.40. The number of hydrogen-bond acceptors (Lipinski definition) is 6. The second-order valence-corrected chi connectivity index (χ2v) is 5.98. The largest absolute Gasteiger partial charge is 0.368 e. The Morgan fingerprint density at radius 1 is 1.38 bits per heavy atom. The Morgan fingerprint density at radius 2 is 2.25 bits per heavy atom. The van der Waals surface area contributed by atoms with Crippen LogP contribution in [-0.2, 0) is 11.2 Å². The van der Waals surface area contributed by atoms with Crippen molar-refractivity contribution in [2.45, 2.75) is 25.3 Å². The molecule has 0 aliphatic carbocycles. The van der Waals surface area contributed by atoms with Crippen molar-refractivity contribution >= 4 is 17.5 Å². The molecule has 126 valence electrons. The Kier molecular flexibility index (Phi) is 4.88. The maximum Gasteiger partial charge on any atom is 0.240 e. The van der Waals surface area contributed by atoms with E-state index < -0.39 is 0 Å². The summed E-state index contributed by atoms with van der Waals surface area (Å²) < 4.78 is 0. The predicted octanol–water partition coefficient (Wildman–Crippen LogP) is 1.00. The number of pyridine rings is 1. The zero-order chi connectivity index (χ0) is 16.9. The van der Waals surface area contributed by atoms with Crippen molar-refractivity contribution in [3.8, 4) is 0 Å². The van der Waals surface area contributed by atoms with Gasteiger partial charge in [-0.25, -0.2) is 9.97 Å². The monoisotopic (exact) mass is 326 g/mol. The summed E-state index contributed by atoms with van der Waals surface area (Å²) in [7, 11) is 1.99. The molecule has 0 spiro atoms. The summed E-state index contributed by atoms with van der Waals surface area (Å²) in [6, 6.07) is 7.56. The third-order valence-corrected chi connectivity index (χ3v) is 4.33. The second-order valence-electron chi connectivity index (χ2n) is 5.98. The summed E-state index contributed by atoms with van der Waals surface area (Å²) in [6.45, 7) is 1.59. The second kappa shape index (κ2) is 7.25. The molecule has 3 rings (SSSR count). The molecule has 2 aromatic rings. The molecule has 1 atom stereocenters. The number of nitrogens with zero attached hydrogens (tertiary/aromatic N) is 5. The number of primary amides is 1. The van der Waals surface area contributed by atoms with Crippen LogP contribution in [0.2, 0.25) is 0 Å². The molecule has 0 unspecified atom stereocenters. The summed E-state index contributed by atoms with van der Waals surface area (Å²) in [4.78, 5) is 28.6. The standard InChI is InChI=1S/C17H22N6O/c1-22(10-7-13-5-2-3-8-19-13)15-11-16(21-12-20-15)23-9-4-6-14(23)17(18)24/h2-3,5,8,11-12,14H,4,6-7,9-10H2,1H3,(H2,18,24)/t14-/m1/s1. The molecule has 0 aromatic carbocycles. The van der Waals surface area contributed by atoms with Crippen LogP contribution in [0, 0.1) is 0 Å². The normalized spacial score (nSPS) is 17.0. The number of amides is 1. The van der Waals surface area contributed by atoms with E-state index in [1.54, 1.807) is 6.20 Å². The fraction of sp³-hybridized carbons (Fsp3) is 0.412. The number of anilines is 2. The number of aromatic nitrogens is 3. The minimum absolute atomic E-state index is 0.272. The van der Waals surface area contributed by atoms with Crippen LogP contribution < -0.4 is 15.5 Å². The van der Waals surface area contributed by atoms with Gasteiger partial charge in [-0.15, -0.1) is 0 Å². The van der Waals surface area contributed by atoms with E-state index in [4.69, 9.17) is 5.73 Å². The summed E-state index contributed by atoms with van der Waals surface area (Å²) in [5.41, 5.74) is 6.54. The van der Waals surface area contributed by atoms with Crippen molar-refractivity contribution in [2.24, 2.45) is 5.73 Å². The van der Waals surface area contributed by atoms with Gasteiger partial charge in [-0.3, -0.25) is 9.78 Å². The Hall–Kier alpha value is -2.70. The van der Waals surface area contributed by atoms with E-state index in [2.05, 4.69) is 19.9 Å². The number of carbonyl (C=O) groups is 1. The Bertz CT molecular complexity index is 692. The molecule has 1 aliphatic rings. The maximum atomic E-state index is 11.6. The number of carbonyl (C=O) groups excluding carboxylic acids is 1. The first-order valence-electron chi connectivity index (χ1n) is 8.14. The maximum absolute atomic E-state index is 11.6. The molecule has 7 nitrogen and oxygen atoms in total. The van der Waals surface area contributed by atoms with Gasteiger partial charge in [-0.05, 0) is 25.0 Å². The molecule has 2 aromatic heterocycles. The molecule has 2 N–H and O–H groups in total. The van der Waals surface area contributed by atoms with Gasteiger partial charge in [0, 0.05) is 44.5 Å². The number of nitrogens with two attached hydrogens (primary N) is 1. The minimum Gasteiger partial charge on any atom is -0.368 e. The van der Waals surface area contributed by atoms with Crippen LogP contribution in [-0.4, -0.2) is 47.0 Å². The fourth-order valence-corrected chi connectivity index (χ4v) is 2.98. The molecule has 1 fully saturated rings. The summed E-state index contributed by atoms with van der Waals surface area (Å²) in [6.07, 6.45) is 5.91. The molecule has 3 heterocycles. The van der Waals surface area contributed by atoms with E-state index in [0.29, 0.717) is 0 Å². The molecule has 1 saturated heterocycles. The molecule has 24 heavy (non-hydrogen) atoms. The van der Waals surface area contributed by atoms with Crippen molar-refractivity contribution < 1.29 is 4.79 Å². The van der Waals surface area contributed by atoms with Crippen molar-refractivity contribution in [3.05, 3.63) is 42.5 Å². The fourth-order valence-electron chi connectivity index (χ4n) is 2.98. The van der Waals surface area contributed by atoms with Crippen LogP contribution in [0.5, 0.6) is 0 Å². The predicted molar refractivity (Wildman–Crippen MR) is 92.8 cm³/mol. The van der Waals surface area contributed by atoms with Crippen LogP contribution in [0.1, 0.15) is 18.5 Å². The van der Waals surface area contributed by atoms with E-state index in [0.717, 1.165) is 49.7 Å². The van der Waals surface area contributed by atoms with Crippen LogP contribution in [0.15, 0.2) is 36.8 Å². The molecule has 1 aliphatic heterocycles. The van der Waals surface area contributed by atoms with Gasteiger partial charge in [0.1, 0.15) is 24.0 Å². The topological polar surface area (TPSA) is 88.2 Å². The van der Waals surface area contributed by atoms with Gasteiger partial charge in [0.05, 0.1) is 0 Å². The third kappa shape index (κ3) is 3.61. The van der Waals surface area contributed by atoms with Gasteiger partial charge in [0.2, 0.25) is 5.91 Å². The number of likely N-dealkylation sites (N-methyl/N-ethyl adjacent to an activating group) is 1. The molecule has 0 radical (unpaired) electrons. The zero-order valence-electron chi connectivity index (χ0n) is 13.8. The summed E-state index contributed by atoms with van der Waals surface area (Å²) in [5.74, 6) is 1.29. The van der Waals surface area contributed by atoms with Gasteiger partial charge in [-0.2, -0.15) is 0 Å². The highest BCUT2D eigenvalue weighted by Crippen LogP contribution is 2.25.